The molecule has 1 saturated heterocycles. The van der Waals surface area contributed by atoms with Gasteiger partial charge in [0.25, 0.3) is 5.91 Å². The summed E-state index contributed by atoms with van der Waals surface area (Å²) in [5.41, 5.74) is 1.80. The first-order valence-corrected chi connectivity index (χ1v) is 9.26. The van der Waals surface area contributed by atoms with Gasteiger partial charge in [-0.05, 0) is 25.1 Å². The summed E-state index contributed by atoms with van der Waals surface area (Å²) in [6, 6.07) is 11.2. The van der Waals surface area contributed by atoms with Crippen molar-refractivity contribution >= 4 is 39.4 Å². The quantitative estimate of drug-likeness (QED) is 0.655. The number of rotatable bonds is 5. The summed E-state index contributed by atoms with van der Waals surface area (Å²) in [7, 11) is 0. The van der Waals surface area contributed by atoms with Gasteiger partial charge in [-0.3, -0.25) is 14.9 Å². The van der Waals surface area contributed by atoms with E-state index < -0.39 is 6.03 Å². The third-order valence-electron chi connectivity index (χ3n) is 4.30. The molecule has 9 heteroatoms. The Hall–Kier alpha value is -3.20. The topological polar surface area (TPSA) is 96.3 Å². The van der Waals surface area contributed by atoms with Crippen LogP contribution in [0.1, 0.15) is 15.4 Å². The molecule has 1 fully saturated rings. The molecule has 0 saturated carbocycles. The molecule has 138 valence electrons. The number of nitrogens with one attached hydrogen (secondary N) is 2. The lowest BCUT2D eigenvalue weighted by molar-refractivity contribution is -0.118. The van der Waals surface area contributed by atoms with Crippen LogP contribution in [-0.4, -0.2) is 52.2 Å². The molecule has 4 rings (SSSR count). The number of fused-ring (bicyclic) bond motifs is 1. The second kappa shape index (κ2) is 6.84. The van der Waals surface area contributed by atoms with Crippen molar-refractivity contribution < 1.29 is 14.4 Å². The number of aryl methyl sites for hydroxylation is 1. The standard InChI is InChI=1S/C18H17N5O3S/c1-11-13-9-14(16(25)19-7-8-22-10-15(24)20-18(22)26)27-17(13)23(21-11)12-5-3-2-4-6-12/h2-6,9H,7-8,10H2,1H3,(H,19,25)(H,20,24,26). The fourth-order valence-corrected chi connectivity index (χ4v) is 4.06. The van der Waals surface area contributed by atoms with Gasteiger partial charge in [-0.2, -0.15) is 5.10 Å². The third kappa shape index (κ3) is 3.28. The summed E-state index contributed by atoms with van der Waals surface area (Å²) in [5, 5.41) is 10.5. The van der Waals surface area contributed by atoms with Crippen molar-refractivity contribution in [2.75, 3.05) is 19.6 Å². The van der Waals surface area contributed by atoms with Crippen LogP contribution >= 0.6 is 11.3 Å². The van der Waals surface area contributed by atoms with E-state index in [9.17, 15) is 14.4 Å². The number of amides is 4. The zero-order chi connectivity index (χ0) is 19.0. The monoisotopic (exact) mass is 383 g/mol. The largest absolute Gasteiger partial charge is 0.350 e. The number of imide groups is 1. The van der Waals surface area contributed by atoms with E-state index in [0.29, 0.717) is 4.88 Å². The van der Waals surface area contributed by atoms with Crippen LogP contribution in [0.3, 0.4) is 0 Å². The van der Waals surface area contributed by atoms with Crippen molar-refractivity contribution in [3.05, 3.63) is 47.0 Å². The number of aromatic nitrogens is 2. The molecule has 2 N–H and O–H groups in total. The van der Waals surface area contributed by atoms with E-state index in [0.717, 1.165) is 21.6 Å². The Morgan fingerprint density at radius 3 is 2.78 bits per heavy atom. The molecule has 1 aliphatic heterocycles. The summed E-state index contributed by atoms with van der Waals surface area (Å²) >= 11 is 1.37. The molecule has 4 amide bonds. The SMILES string of the molecule is Cc1nn(-c2ccccc2)c2sc(C(=O)NCCN3CC(=O)NC3=O)cc12. The first-order chi connectivity index (χ1) is 13.0. The first-order valence-electron chi connectivity index (χ1n) is 8.44. The van der Waals surface area contributed by atoms with Crippen LogP contribution in [0.5, 0.6) is 0 Å². The number of hydrogen-bond donors (Lipinski definition) is 2. The second-order valence-electron chi connectivity index (χ2n) is 6.19. The molecule has 0 aliphatic carbocycles. The summed E-state index contributed by atoms with van der Waals surface area (Å²) in [5.74, 6) is -0.530. The first kappa shape index (κ1) is 17.2. The van der Waals surface area contributed by atoms with Crippen molar-refractivity contribution in [3.63, 3.8) is 0 Å². The third-order valence-corrected chi connectivity index (χ3v) is 5.41. The summed E-state index contributed by atoms with van der Waals surface area (Å²) < 4.78 is 1.84. The lowest BCUT2D eigenvalue weighted by Crippen LogP contribution is -2.36. The number of urea groups is 1. The van der Waals surface area contributed by atoms with Gasteiger partial charge in [0.2, 0.25) is 5.91 Å². The van der Waals surface area contributed by atoms with E-state index >= 15 is 0 Å². The van der Waals surface area contributed by atoms with Crippen LogP contribution in [0, 0.1) is 6.92 Å². The Balaban J connectivity index is 1.48. The van der Waals surface area contributed by atoms with Crippen LogP contribution in [0.4, 0.5) is 4.79 Å². The second-order valence-corrected chi connectivity index (χ2v) is 7.22. The van der Waals surface area contributed by atoms with Crippen LogP contribution in [0.2, 0.25) is 0 Å². The maximum absolute atomic E-state index is 12.5. The number of para-hydroxylation sites is 1. The summed E-state index contributed by atoms with van der Waals surface area (Å²) in [4.78, 5) is 38.0. The van der Waals surface area contributed by atoms with Gasteiger partial charge < -0.3 is 10.2 Å². The highest BCUT2D eigenvalue weighted by molar-refractivity contribution is 7.20. The molecular formula is C18H17N5O3S. The average Bonchev–Trinajstić information content (AvgIpc) is 3.31. The van der Waals surface area contributed by atoms with E-state index in [1.54, 1.807) is 0 Å². The molecule has 0 atom stereocenters. The van der Waals surface area contributed by atoms with Gasteiger partial charge in [0.05, 0.1) is 16.3 Å². The molecule has 2 aromatic heterocycles. The number of carbonyl (C=O) groups excluding carboxylic acids is 3. The Kier molecular flexibility index (Phi) is 4.36. The molecule has 3 heterocycles. The molecule has 3 aromatic rings. The predicted molar refractivity (Wildman–Crippen MR) is 101 cm³/mol. The Morgan fingerprint density at radius 2 is 2.07 bits per heavy atom. The maximum atomic E-state index is 12.5. The molecule has 8 nitrogen and oxygen atoms in total. The molecule has 0 radical (unpaired) electrons. The van der Waals surface area contributed by atoms with Crippen molar-refractivity contribution in [2.24, 2.45) is 0 Å². The van der Waals surface area contributed by atoms with Crippen molar-refractivity contribution in [3.8, 4) is 5.69 Å². The average molecular weight is 383 g/mol. The zero-order valence-electron chi connectivity index (χ0n) is 14.6. The molecule has 0 unspecified atom stereocenters. The minimum Gasteiger partial charge on any atom is -0.350 e. The highest BCUT2D eigenvalue weighted by Gasteiger charge is 2.26. The van der Waals surface area contributed by atoms with Crippen LogP contribution in [0.25, 0.3) is 15.9 Å². The number of thiophene rings is 1. The predicted octanol–water partition coefficient (Wildman–Crippen LogP) is 1.68. The van der Waals surface area contributed by atoms with Gasteiger partial charge in [0.15, 0.2) is 0 Å². The number of nitrogens with zero attached hydrogens (tertiary/aromatic N) is 3. The van der Waals surface area contributed by atoms with Gasteiger partial charge in [-0.1, -0.05) is 18.2 Å². The lowest BCUT2D eigenvalue weighted by Gasteiger charge is -2.12. The lowest BCUT2D eigenvalue weighted by atomic mass is 10.3. The van der Waals surface area contributed by atoms with E-state index in [1.807, 2.05) is 48.0 Å². The van der Waals surface area contributed by atoms with E-state index in [-0.39, 0.29) is 31.4 Å². The Morgan fingerprint density at radius 1 is 1.30 bits per heavy atom. The summed E-state index contributed by atoms with van der Waals surface area (Å²) in [6.45, 7) is 2.51. The van der Waals surface area contributed by atoms with Gasteiger partial charge in [-0.15, -0.1) is 11.3 Å². The molecular weight excluding hydrogens is 366 g/mol. The minimum atomic E-state index is -0.422. The van der Waals surface area contributed by atoms with Crippen molar-refractivity contribution in [1.82, 2.24) is 25.3 Å². The number of hydrogen-bond acceptors (Lipinski definition) is 5. The smallest absolute Gasteiger partial charge is 0.324 e. The van der Waals surface area contributed by atoms with E-state index in [1.165, 1.54) is 16.2 Å². The van der Waals surface area contributed by atoms with Crippen LogP contribution in [-0.2, 0) is 4.79 Å². The van der Waals surface area contributed by atoms with Crippen LogP contribution < -0.4 is 10.6 Å². The van der Waals surface area contributed by atoms with E-state index in [2.05, 4.69) is 15.7 Å². The molecule has 0 spiro atoms. The fourth-order valence-electron chi connectivity index (χ4n) is 2.96. The highest BCUT2D eigenvalue weighted by atomic mass is 32.1. The molecule has 0 bridgehead atoms. The van der Waals surface area contributed by atoms with Gasteiger partial charge in [0.1, 0.15) is 11.4 Å². The zero-order valence-corrected chi connectivity index (χ0v) is 15.4. The van der Waals surface area contributed by atoms with E-state index in [4.69, 9.17) is 0 Å². The van der Waals surface area contributed by atoms with Crippen molar-refractivity contribution in [1.29, 1.82) is 0 Å². The number of benzene rings is 1. The molecule has 1 aliphatic rings. The maximum Gasteiger partial charge on any atom is 0.324 e. The van der Waals surface area contributed by atoms with Crippen molar-refractivity contribution in [2.45, 2.75) is 6.92 Å². The van der Waals surface area contributed by atoms with Gasteiger partial charge in [0, 0.05) is 18.5 Å². The van der Waals surface area contributed by atoms with Gasteiger partial charge in [-0.25, -0.2) is 9.48 Å². The van der Waals surface area contributed by atoms with Gasteiger partial charge >= 0.3 is 6.03 Å². The highest BCUT2D eigenvalue weighted by Crippen LogP contribution is 2.30. The minimum absolute atomic E-state index is 0.0314. The Labute approximate surface area is 158 Å². The molecule has 27 heavy (non-hydrogen) atoms. The Bertz CT molecular complexity index is 1040. The molecule has 1 aromatic carbocycles. The fraction of sp³-hybridized carbons (Fsp3) is 0.222. The number of carbonyl (C=O) groups is 3. The van der Waals surface area contributed by atoms with Crippen LogP contribution in [0.15, 0.2) is 36.4 Å². The normalized spacial score (nSPS) is 14.0. The summed E-state index contributed by atoms with van der Waals surface area (Å²) in [6.07, 6.45) is 0.